The van der Waals surface area contributed by atoms with Gasteiger partial charge in [0.15, 0.2) is 5.82 Å². The number of aryl methyl sites for hydroxylation is 1. The van der Waals surface area contributed by atoms with E-state index >= 15 is 0 Å². The second-order valence-corrected chi connectivity index (χ2v) is 7.22. The highest BCUT2D eigenvalue weighted by Crippen LogP contribution is 2.46. The number of hydrogen-bond donors (Lipinski definition) is 2. The lowest BCUT2D eigenvalue weighted by Crippen LogP contribution is -2.52. The number of fused-ring (bicyclic) bond motifs is 2. The Morgan fingerprint density at radius 3 is 2.65 bits per heavy atom. The number of anilines is 1. The minimum Gasteiger partial charge on any atom is -0.385 e. The first-order valence-electron chi connectivity index (χ1n) is 8.78. The van der Waals surface area contributed by atoms with Gasteiger partial charge < -0.3 is 10.4 Å². The van der Waals surface area contributed by atoms with E-state index < -0.39 is 5.60 Å². The fourth-order valence-corrected chi connectivity index (χ4v) is 4.32. The number of nitrogens with zero attached hydrogens (tertiary/aromatic N) is 3. The van der Waals surface area contributed by atoms with Crippen molar-refractivity contribution in [1.82, 2.24) is 15.2 Å². The van der Waals surface area contributed by atoms with Gasteiger partial charge in [0.1, 0.15) is 11.5 Å². The van der Waals surface area contributed by atoms with E-state index in [0.29, 0.717) is 29.9 Å². The first-order chi connectivity index (χ1) is 12.5. The Kier molecular flexibility index (Phi) is 4.24. The average Bonchev–Trinajstić information content (AvgIpc) is 3.09. The molecule has 4 rings (SSSR count). The van der Waals surface area contributed by atoms with Crippen LogP contribution in [0.4, 0.5) is 10.2 Å². The quantitative estimate of drug-likeness (QED) is 0.866. The van der Waals surface area contributed by atoms with Crippen molar-refractivity contribution >= 4 is 11.7 Å². The molecule has 0 aliphatic carbocycles. The number of halogens is 1. The Morgan fingerprint density at radius 2 is 2.04 bits per heavy atom. The molecule has 3 atom stereocenters. The number of nitrogens with one attached hydrogen (secondary N) is 1. The molecule has 2 N–H and O–H groups in total. The van der Waals surface area contributed by atoms with Crippen LogP contribution < -0.4 is 5.32 Å². The minimum absolute atomic E-state index is 0.0423. The normalized spacial score (nSPS) is 28.3. The summed E-state index contributed by atoms with van der Waals surface area (Å²) >= 11 is 0. The summed E-state index contributed by atoms with van der Waals surface area (Å²) < 4.78 is 18.8. The second kappa shape index (κ2) is 6.44. The molecule has 2 aromatic rings. The molecule has 1 amide bonds. The predicted molar refractivity (Wildman–Crippen MR) is 90.7 cm³/mol. The third-order valence-electron chi connectivity index (χ3n) is 5.53. The third-order valence-corrected chi connectivity index (χ3v) is 5.53. The largest absolute Gasteiger partial charge is 0.385 e. The van der Waals surface area contributed by atoms with Crippen LogP contribution in [0.15, 0.2) is 28.9 Å². The number of piperidine rings is 1. The molecular weight excluding hydrogens is 339 g/mol. The summed E-state index contributed by atoms with van der Waals surface area (Å²) in [6.45, 7) is 1.90. The molecule has 1 unspecified atom stereocenters. The maximum Gasteiger partial charge on any atom is 0.239 e. The number of hydrogen-bond acceptors (Lipinski definition) is 6. The molecule has 2 saturated heterocycles. The molecule has 0 spiro atoms. The van der Waals surface area contributed by atoms with E-state index in [9.17, 15) is 14.3 Å². The van der Waals surface area contributed by atoms with Crippen molar-refractivity contribution in [3.63, 3.8) is 0 Å². The summed E-state index contributed by atoms with van der Waals surface area (Å²) in [6.07, 6.45) is 2.61. The van der Waals surface area contributed by atoms with Crippen LogP contribution in [-0.4, -0.2) is 44.9 Å². The minimum atomic E-state index is -1.18. The van der Waals surface area contributed by atoms with E-state index in [0.717, 1.165) is 12.8 Å². The number of carbonyl (C=O) groups excluding carboxylic acids is 1. The number of benzene rings is 1. The highest BCUT2D eigenvalue weighted by molar-refractivity contribution is 5.91. The molecule has 2 aliphatic heterocycles. The Hall–Kier alpha value is -2.32. The zero-order valence-corrected chi connectivity index (χ0v) is 14.5. The summed E-state index contributed by atoms with van der Waals surface area (Å²) in [7, 11) is 0. The van der Waals surface area contributed by atoms with Crippen LogP contribution >= 0.6 is 0 Å². The molecule has 2 bridgehead atoms. The van der Waals surface area contributed by atoms with Crippen LogP contribution in [0.2, 0.25) is 0 Å². The zero-order chi connectivity index (χ0) is 18.3. The van der Waals surface area contributed by atoms with Gasteiger partial charge in [0.2, 0.25) is 5.91 Å². The molecule has 2 aliphatic rings. The van der Waals surface area contributed by atoms with Gasteiger partial charge in [-0.25, -0.2) is 9.02 Å². The van der Waals surface area contributed by atoms with Gasteiger partial charge in [-0.05, 0) is 43.8 Å². The fraction of sp³-hybridized carbons (Fsp3) is 0.500. The van der Waals surface area contributed by atoms with Gasteiger partial charge in [-0.3, -0.25) is 9.69 Å². The van der Waals surface area contributed by atoms with Crippen LogP contribution in [-0.2, 0) is 10.4 Å². The number of amides is 1. The fourth-order valence-electron chi connectivity index (χ4n) is 4.32. The maximum absolute atomic E-state index is 14.2. The monoisotopic (exact) mass is 360 g/mol. The lowest BCUT2D eigenvalue weighted by Gasteiger charge is -2.43. The maximum atomic E-state index is 14.2. The summed E-state index contributed by atoms with van der Waals surface area (Å²) in [5.41, 5.74) is -0.310. The first kappa shape index (κ1) is 17.1. The van der Waals surface area contributed by atoms with Crippen LogP contribution in [0, 0.1) is 12.7 Å². The van der Waals surface area contributed by atoms with Crippen LogP contribution in [0.5, 0.6) is 0 Å². The van der Waals surface area contributed by atoms with E-state index in [1.807, 2.05) is 0 Å². The molecule has 7 nitrogen and oxygen atoms in total. The molecule has 0 radical (unpaired) electrons. The molecular formula is C18H21FN4O3. The summed E-state index contributed by atoms with van der Waals surface area (Å²) in [5, 5.41) is 21.1. The van der Waals surface area contributed by atoms with E-state index in [1.54, 1.807) is 25.1 Å². The molecule has 0 saturated carbocycles. The molecule has 1 aromatic heterocycles. The highest BCUT2D eigenvalue weighted by Gasteiger charge is 2.49. The van der Waals surface area contributed by atoms with E-state index in [2.05, 4.69) is 25.2 Å². The number of aliphatic hydroxyl groups is 1. The van der Waals surface area contributed by atoms with Crippen LogP contribution in [0.3, 0.4) is 0 Å². The Balaban J connectivity index is 1.46. The Bertz CT molecular complexity index is 810. The van der Waals surface area contributed by atoms with Crippen LogP contribution in [0.1, 0.15) is 36.9 Å². The SMILES string of the molecule is Cc1nonc1NC(=O)CN1[C@@H]2CC[C@H]1CC(O)(c1ccccc1F)C2. The van der Waals surface area contributed by atoms with E-state index in [-0.39, 0.29) is 30.4 Å². The second-order valence-electron chi connectivity index (χ2n) is 7.22. The third kappa shape index (κ3) is 2.99. The van der Waals surface area contributed by atoms with Crippen molar-refractivity contribution < 1.29 is 18.9 Å². The molecule has 1 aromatic carbocycles. The Morgan fingerprint density at radius 1 is 1.35 bits per heavy atom. The lowest BCUT2D eigenvalue weighted by atomic mass is 9.80. The van der Waals surface area contributed by atoms with Crippen molar-refractivity contribution in [3.8, 4) is 0 Å². The molecule has 2 fully saturated rings. The highest BCUT2D eigenvalue weighted by atomic mass is 19.1. The number of aromatic nitrogens is 2. The average molecular weight is 360 g/mol. The summed E-state index contributed by atoms with van der Waals surface area (Å²) in [5.74, 6) is -0.256. The van der Waals surface area contributed by atoms with Gasteiger partial charge in [-0.15, -0.1) is 0 Å². The van der Waals surface area contributed by atoms with Gasteiger partial charge in [0, 0.05) is 17.6 Å². The van der Waals surface area contributed by atoms with Gasteiger partial charge in [0.25, 0.3) is 0 Å². The standard InChI is InChI=1S/C18H21FN4O3/c1-11-17(22-26-21-11)20-16(24)10-23-12-6-7-13(23)9-18(25,8-12)14-4-2-3-5-15(14)19/h2-5,12-13,25H,6-10H2,1H3,(H,20,22,24)/t12-,13+,18?. The zero-order valence-electron chi connectivity index (χ0n) is 14.5. The molecule has 26 heavy (non-hydrogen) atoms. The number of carbonyl (C=O) groups is 1. The van der Waals surface area contributed by atoms with Crippen molar-refractivity contribution in [2.75, 3.05) is 11.9 Å². The van der Waals surface area contributed by atoms with E-state index in [1.165, 1.54) is 6.07 Å². The van der Waals surface area contributed by atoms with E-state index in [4.69, 9.17) is 0 Å². The summed E-state index contributed by atoms with van der Waals surface area (Å²) in [4.78, 5) is 14.5. The molecule has 8 heteroatoms. The topological polar surface area (TPSA) is 91.5 Å². The van der Waals surface area contributed by atoms with Crippen LogP contribution in [0.25, 0.3) is 0 Å². The number of rotatable bonds is 4. The predicted octanol–water partition coefficient (Wildman–Crippen LogP) is 1.97. The van der Waals surface area contributed by atoms with Crippen molar-refractivity contribution in [3.05, 3.63) is 41.3 Å². The Labute approximate surface area is 150 Å². The molecule has 3 heterocycles. The lowest BCUT2D eigenvalue weighted by molar-refractivity contribution is -0.121. The van der Waals surface area contributed by atoms with Gasteiger partial charge >= 0.3 is 0 Å². The van der Waals surface area contributed by atoms with Gasteiger partial charge in [0.05, 0.1) is 12.1 Å². The van der Waals surface area contributed by atoms with Crippen molar-refractivity contribution in [2.24, 2.45) is 0 Å². The van der Waals surface area contributed by atoms with Crippen molar-refractivity contribution in [2.45, 2.75) is 50.3 Å². The smallest absolute Gasteiger partial charge is 0.239 e. The van der Waals surface area contributed by atoms with Crippen molar-refractivity contribution in [1.29, 1.82) is 0 Å². The van der Waals surface area contributed by atoms with Gasteiger partial charge in [-0.2, -0.15) is 0 Å². The summed E-state index contributed by atoms with van der Waals surface area (Å²) in [6, 6.07) is 6.48. The molecule has 138 valence electrons. The first-order valence-corrected chi connectivity index (χ1v) is 8.78. The van der Waals surface area contributed by atoms with Gasteiger partial charge in [-0.1, -0.05) is 23.4 Å².